The van der Waals surface area contributed by atoms with Gasteiger partial charge in [0, 0.05) is 6.92 Å². The molecule has 0 unspecified atom stereocenters. The molecule has 8 heteroatoms. The van der Waals surface area contributed by atoms with Gasteiger partial charge in [-0.3, -0.25) is 9.59 Å². The van der Waals surface area contributed by atoms with E-state index in [4.69, 9.17) is 16.3 Å². The predicted octanol–water partition coefficient (Wildman–Crippen LogP) is 2.97. The first kappa shape index (κ1) is 18.4. The van der Waals surface area contributed by atoms with Gasteiger partial charge in [-0.25, -0.2) is 9.82 Å². The van der Waals surface area contributed by atoms with Gasteiger partial charge in [-0.1, -0.05) is 23.7 Å². The third-order valence-electron chi connectivity index (χ3n) is 2.90. The number of nitrogens with zero attached hydrogens (tertiary/aromatic N) is 1. The molecule has 25 heavy (non-hydrogen) atoms. The van der Waals surface area contributed by atoms with Gasteiger partial charge in [0.25, 0.3) is 5.91 Å². The van der Waals surface area contributed by atoms with Crippen LogP contribution in [-0.4, -0.2) is 24.6 Å². The smallest absolute Gasteiger partial charge is 0.262 e. The van der Waals surface area contributed by atoms with Gasteiger partial charge in [0.15, 0.2) is 6.61 Å². The summed E-state index contributed by atoms with van der Waals surface area (Å²) in [7, 11) is 0. The second-order valence-corrected chi connectivity index (χ2v) is 5.34. The molecule has 2 rings (SSSR count). The first-order valence-corrected chi connectivity index (χ1v) is 7.60. The van der Waals surface area contributed by atoms with Crippen LogP contribution in [0.5, 0.6) is 5.75 Å². The molecule has 0 fully saturated rings. The Kier molecular flexibility index (Phi) is 6.47. The highest BCUT2D eigenvalue weighted by molar-refractivity contribution is 6.32. The monoisotopic (exact) mass is 363 g/mol. The zero-order chi connectivity index (χ0) is 18.2. The van der Waals surface area contributed by atoms with Crippen LogP contribution in [0.4, 0.5) is 10.1 Å². The second-order valence-electron chi connectivity index (χ2n) is 4.93. The molecule has 0 saturated heterocycles. The largest absolute Gasteiger partial charge is 0.482 e. The average molecular weight is 364 g/mol. The molecule has 2 aromatic carbocycles. The zero-order valence-corrected chi connectivity index (χ0v) is 14.0. The topological polar surface area (TPSA) is 79.8 Å². The number of rotatable bonds is 6. The molecule has 6 nitrogen and oxygen atoms in total. The molecule has 0 saturated carbocycles. The van der Waals surface area contributed by atoms with E-state index >= 15 is 0 Å². The predicted molar refractivity (Wildman–Crippen MR) is 93.4 cm³/mol. The normalized spacial score (nSPS) is 10.5. The maximum Gasteiger partial charge on any atom is 0.262 e. The highest BCUT2D eigenvalue weighted by Gasteiger charge is 2.09. The number of anilines is 1. The van der Waals surface area contributed by atoms with Crippen molar-refractivity contribution in [3.63, 3.8) is 0 Å². The Morgan fingerprint density at radius 1 is 1.28 bits per heavy atom. The Morgan fingerprint density at radius 3 is 2.72 bits per heavy atom. The number of nitrogens with one attached hydrogen (secondary N) is 2. The molecule has 0 atom stereocenters. The molecule has 0 aliphatic carbocycles. The van der Waals surface area contributed by atoms with Gasteiger partial charge >= 0.3 is 0 Å². The van der Waals surface area contributed by atoms with E-state index in [9.17, 15) is 14.0 Å². The van der Waals surface area contributed by atoms with Crippen molar-refractivity contribution in [2.45, 2.75) is 6.92 Å². The molecule has 130 valence electrons. The van der Waals surface area contributed by atoms with Crippen molar-refractivity contribution in [2.75, 3.05) is 11.9 Å². The lowest BCUT2D eigenvalue weighted by Gasteiger charge is -2.09. The fourth-order valence-electron chi connectivity index (χ4n) is 1.80. The van der Waals surface area contributed by atoms with Gasteiger partial charge in [-0.05, 0) is 35.9 Å². The van der Waals surface area contributed by atoms with Crippen LogP contribution >= 0.6 is 11.6 Å². The molecule has 0 aliphatic heterocycles. The van der Waals surface area contributed by atoms with Crippen molar-refractivity contribution in [3.8, 4) is 5.75 Å². The number of carbonyl (C=O) groups excluding carboxylic acids is 2. The molecule has 2 N–H and O–H groups in total. The minimum atomic E-state index is -0.531. The Bertz CT molecular complexity index is 811. The highest BCUT2D eigenvalue weighted by atomic mass is 35.5. The Morgan fingerprint density at radius 2 is 2.04 bits per heavy atom. The summed E-state index contributed by atoms with van der Waals surface area (Å²) in [5.41, 5.74) is 2.98. The van der Waals surface area contributed by atoms with Crippen molar-refractivity contribution in [1.29, 1.82) is 0 Å². The van der Waals surface area contributed by atoms with E-state index in [1.807, 2.05) is 0 Å². The summed E-state index contributed by atoms with van der Waals surface area (Å²) in [5.74, 6) is -1.04. The SMILES string of the molecule is CC(=O)N/N=C\c1ccc(OCC(=O)Nc2ccccc2F)c(Cl)c1. The molecule has 0 heterocycles. The summed E-state index contributed by atoms with van der Waals surface area (Å²) in [6.07, 6.45) is 1.42. The van der Waals surface area contributed by atoms with Gasteiger partial charge < -0.3 is 10.1 Å². The number of carbonyl (C=O) groups is 2. The maximum atomic E-state index is 13.5. The van der Waals surface area contributed by atoms with Crippen LogP contribution in [0.3, 0.4) is 0 Å². The van der Waals surface area contributed by atoms with Gasteiger partial charge in [0.2, 0.25) is 5.91 Å². The number of amides is 2. The van der Waals surface area contributed by atoms with Crippen LogP contribution < -0.4 is 15.5 Å². The van der Waals surface area contributed by atoms with Gasteiger partial charge in [0.1, 0.15) is 11.6 Å². The number of hydrogen-bond acceptors (Lipinski definition) is 4. The van der Waals surface area contributed by atoms with E-state index in [0.29, 0.717) is 11.3 Å². The van der Waals surface area contributed by atoms with E-state index in [-0.39, 0.29) is 23.2 Å². The molecule has 2 aromatic rings. The quantitative estimate of drug-likeness (QED) is 0.611. The maximum absolute atomic E-state index is 13.5. The lowest BCUT2D eigenvalue weighted by molar-refractivity contribution is -0.119. The van der Waals surface area contributed by atoms with E-state index < -0.39 is 11.7 Å². The number of ether oxygens (including phenoxy) is 1. The Labute approximate surface area is 148 Å². The number of halogens is 2. The standard InChI is InChI=1S/C17H15ClFN3O3/c1-11(23)22-20-9-12-6-7-16(13(18)8-12)25-10-17(24)21-15-5-3-2-4-14(15)19/h2-9H,10H2,1H3,(H,21,24)(H,22,23)/b20-9-. The van der Waals surface area contributed by atoms with Gasteiger partial charge in [-0.2, -0.15) is 5.10 Å². The number of para-hydroxylation sites is 1. The zero-order valence-electron chi connectivity index (χ0n) is 13.3. The number of hydrogen-bond donors (Lipinski definition) is 2. The molecule has 0 aromatic heterocycles. The van der Waals surface area contributed by atoms with Crippen molar-refractivity contribution in [1.82, 2.24) is 5.43 Å². The Balaban J connectivity index is 1.92. The molecule has 0 aliphatic rings. The summed E-state index contributed by atoms with van der Waals surface area (Å²) in [4.78, 5) is 22.5. The van der Waals surface area contributed by atoms with E-state index in [1.165, 1.54) is 31.3 Å². The minimum Gasteiger partial charge on any atom is -0.482 e. The van der Waals surface area contributed by atoms with Gasteiger partial charge in [0.05, 0.1) is 16.9 Å². The third kappa shape index (κ3) is 5.89. The van der Waals surface area contributed by atoms with Crippen molar-refractivity contribution in [3.05, 3.63) is 58.9 Å². The van der Waals surface area contributed by atoms with Crippen molar-refractivity contribution >= 4 is 35.3 Å². The van der Waals surface area contributed by atoms with Crippen LogP contribution in [0.25, 0.3) is 0 Å². The van der Waals surface area contributed by atoms with E-state index in [2.05, 4.69) is 15.8 Å². The van der Waals surface area contributed by atoms with E-state index in [1.54, 1.807) is 24.3 Å². The summed E-state index contributed by atoms with van der Waals surface area (Å²) < 4.78 is 18.8. The Hall–Kier alpha value is -2.93. The number of benzene rings is 2. The minimum absolute atomic E-state index is 0.0757. The summed E-state index contributed by atoms with van der Waals surface area (Å²) in [6, 6.07) is 10.6. The molecular formula is C17H15ClFN3O3. The molecule has 2 amide bonds. The fourth-order valence-corrected chi connectivity index (χ4v) is 2.05. The van der Waals surface area contributed by atoms with Crippen LogP contribution in [0, 0.1) is 5.82 Å². The molecule has 0 radical (unpaired) electrons. The lowest BCUT2D eigenvalue weighted by atomic mass is 10.2. The summed E-state index contributed by atoms with van der Waals surface area (Å²) in [6.45, 7) is 1.01. The molecular weight excluding hydrogens is 349 g/mol. The van der Waals surface area contributed by atoms with Crippen LogP contribution in [0.2, 0.25) is 5.02 Å². The lowest BCUT2D eigenvalue weighted by Crippen LogP contribution is -2.20. The highest BCUT2D eigenvalue weighted by Crippen LogP contribution is 2.25. The van der Waals surface area contributed by atoms with Crippen molar-refractivity contribution in [2.24, 2.45) is 5.10 Å². The average Bonchev–Trinajstić information content (AvgIpc) is 2.56. The van der Waals surface area contributed by atoms with Crippen molar-refractivity contribution < 1.29 is 18.7 Å². The summed E-state index contributed by atoms with van der Waals surface area (Å²) in [5, 5.41) is 6.39. The van der Waals surface area contributed by atoms with E-state index in [0.717, 1.165) is 0 Å². The van der Waals surface area contributed by atoms with Gasteiger partial charge in [-0.15, -0.1) is 0 Å². The second kappa shape index (κ2) is 8.79. The number of hydrazone groups is 1. The first-order chi connectivity index (χ1) is 12.0. The van der Waals surface area contributed by atoms with Crippen LogP contribution in [-0.2, 0) is 9.59 Å². The first-order valence-electron chi connectivity index (χ1n) is 7.22. The summed E-state index contributed by atoms with van der Waals surface area (Å²) >= 11 is 6.07. The molecule has 0 spiro atoms. The van der Waals surface area contributed by atoms with Crippen LogP contribution in [0.15, 0.2) is 47.6 Å². The molecule has 0 bridgehead atoms. The third-order valence-corrected chi connectivity index (χ3v) is 3.19. The fraction of sp³-hybridized carbons (Fsp3) is 0.118. The van der Waals surface area contributed by atoms with Crippen LogP contribution in [0.1, 0.15) is 12.5 Å².